The summed E-state index contributed by atoms with van der Waals surface area (Å²) in [5, 5.41) is 0. The highest BCUT2D eigenvalue weighted by molar-refractivity contribution is 7.99. The number of hydrogen-bond acceptors (Lipinski definition) is 33. The molecule has 0 spiro atoms. The van der Waals surface area contributed by atoms with E-state index in [1.807, 2.05) is 0 Å². The third-order valence-electron chi connectivity index (χ3n) is 15.9. The van der Waals surface area contributed by atoms with E-state index in [1.54, 1.807) is 0 Å². The molecule has 0 unspecified atom stereocenters. The molecule has 39 nitrogen and oxygen atoms in total. The average Bonchev–Trinajstić information content (AvgIpc) is 0.759. The van der Waals surface area contributed by atoms with Gasteiger partial charge in [0.25, 0.3) is 0 Å². The third-order valence-corrected chi connectivity index (χ3v) is 20.3. The molecule has 2 aliphatic heterocycles. The molecule has 0 aliphatic carbocycles. The van der Waals surface area contributed by atoms with Gasteiger partial charge in [-0.25, -0.2) is 29.3 Å². The number of hydrogen-bond donors (Lipinski definition) is 8. The summed E-state index contributed by atoms with van der Waals surface area (Å²) in [6.07, 6.45) is -26.5. The quantitative estimate of drug-likeness (QED) is 0.0308. The summed E-state index contributed by atoms with van der Waals surface area (Å²) in [5.41, 5.74) is 3.61. The van der Waals surface area contributed by atoms with E-state index in [0.717, 1.165) is 0 Å². The standard InChI is InChI=1S/C18H27NO31S8.7C6H15N/c19-7-1-3-8(4-2-7)51-18-16(50-58(38,39)40)13(47-55(29,30)31)11(9(44-18)5-41-52(20,21)22)45-17-15(49-57(35,36)37)14(48-56(32,33)34)12(46-54(26,27)28)10(43-17)6-42-53(23,24)25;7*1-4-7(5-2)6-3/h1-4,9-18H,5-6,19H2,(H,20,21,22)(H,23,24,25)(H,26,27,28)(H,29,30,31)(H,32,33,34)(H,35,36,37)(H,38,39,40);7*4-6H2,1-3H3/t9-,10-,11-,12-,13+,14+,15-,16-,17-,18+;;;;;;;/m1......./s1. The van der Waals surface area contributed by atoms with Crippen molar-refractivity contribution in [2.24, 2.45) is 0 Å². The maximum atomic E-state index is 12.1. The largest absolute Gasteiger partial charge is 0.399 e. The monoisotopic (exact) mass is 1720 g/mol. The summed E-state index contributed by atoms with van der Waals surface area (Å²) in [5.74, 6) is 0. The predicted molar refractivity (Wildman–Crippen MR) is 410 cm³/mol. The second kappa shape index (κ2) is 60.6. The molecule has 2 heterocycles. The van der Waals surface area contributed by atoms with Crippen molar-refractivity contribution in [2.45, 2.75) is 211 Å². The molecule has 107 heavy (non-hydrogen) atoms. The fourth-order valence-electron chi connectivity index (χ4n) is 9.47. The Morgan fingerprint density at radius 2 is 0.523 bits per heavy atom. The van der Waals surface area contributed by atoms with Gasteiger partial charge in [-0.05, 0) is 162 Å². The Kier molecular flexibility index (Phi) is 64.3. The van der Waals surface area contributed by atoms with Crippen LogP contribution in [0.5, 0.6) is 0 Å². The van der Waals surface area contributed by atoms with Crippen LogP contribution < -0.4 is 5.73 Å². The van der Waals surface area contributed by atoms with Gasteiger partial charge < -0.3 is 54.2 Å². The molecule has 0 radical (unpaired) electrons. The molecular formula is C60H132N8O31S8. The Morgan fingerprint density at radius 1 is 0.308 bits per heavy atom. The molecule has 0 saturated carbocycles. The van der Waals surface area contributed by atoms with Gasteiger partial charge in [0.05, 0.1) is 13.2 Å². The van der Waals surface area contributed by atoms with Gasteiger partial charge in [-0.2, -0.15) is 58.9 Å². The molecule has 10 atom stereocenters. The van der Waals surface area contributed by atoms with Crippen molar-refractivity contribution in [3.63, 3.8) is 0 Å². The predicted octanol–water partition coefficient (Wildman–Crippen LogP) is 5.21. The Bertz CT molecular complexity index is 3040. The highest BCUT2D eigenvalue weighted by atomic mass is 32.3. The number of nitrogens with zero attached hydrogens (tertiary/aromatic N) is 7. The number of rotatable bonds is 41. The summed E-state index contributed by atoms with van der Waals surface area (Å²) in [7, 11) is -41.3. The Balaban J connectivity index is -0.000000559. The topological polar surface area (TPSA) is 522 Å². The molecule has 0 bridgehead atoms. The van der Waals surface area contributed by atoms with Crippen LogP contribution in [0.2, 0.25) is 0 Å². The van der Waals surface area contributed by atoms with E-state index in [4.69, 9.17) is 24.5 Å². The molecule has 2 aliphatic rings. The minimum Gasteiger partial charge on any atom is -0.399 e. The number of nitrogen functional groups attached to an aromatic ring is 1. The van der Waals surface area contributed by atoms with Crippen LogP contribution in [-0.4, -0.2) is 336 Å². The Morgan fingerprint density at radius 3 is 0.748 bits per heavy atom. The van der Waals surface area contributed by atoms with Crippen molar-refractivity contribution in [3.8, 4) is 0 Å². The summed E-state index contributed by atoms with van der Waals surface area (Å²) in [6, 6.07) is 4.90. The van der Waals surface area contributed by atoms with Crippen LogP contribution in [0.3, 0.4) is 0 Å². The molecular weight excluding hydrogens is 1590 g/mol. The number of ether oxygens (including phenoxy) is 3. The fraction of sp³-hybridized carbons (Fsp3) is 0.900. The van der Waals surface area contributed by atoms with Gasteiger partial charge in [0.1, 0.15) is 48.2 Å². The van der Waals surface area contributed by atoms with E-state index >= 15 is 0 Å². The first-order valence-electron chi connectivity index (χ1n) is 35.5. The minimum atomic E-state index is -6.11. The number of benzene rings is 1. The van der Waals surface area contributed by atoms with Crippen LogP contribution >= 0.6 is 11.8 Å². The van der Waals surface area contributed by atoms with Crippen LogP contribution in [-0.2, 0) is 116 Å². The Labute approximate surface area is 646 Å². The molecule has 0 aromatic heterocycles. The van der Waals surface area contributed by atoms with Crippen LogP contribution in [0.1, 0.15) is 145 Å². The number of nitrogens with two attached hydrogens (primary N) is 1. The second-order valence-electron chi connectivity index (χ2n) is 22.1. The second-order valence-corrected chi connectivity index (χ2v) is 30.7. The zero-order valence-corrected chi connectivity index (χ0v) is 72.8. The maximum absolute atomic E-state index is 12.1. The van der Waals surface area contributed by atoms with E-state index in [1.165, 1.54) is 162 Å². The highest BCUT2D eigenvalue weighted by Gasteiger charge is 2.59. The average molecular weight is 1720 g/mol. The van der Waals surface area contributed by atoms with Crippen molar-refractivity contribution < 1.29 is 134 Å². The molecule has 646 valence electrons. The van der Waals surface area contributed by atoms with Crippen LogP contribution in [0.25, 0.3) is 0 Å². The molecule has 9 N–H and O–H groups in total. The van der Waals surface area contributed by atoms with E-state index in [2.05, 4.69) is 209 Å². The first-order chi connectivity index (χ1) is 49.4. The zero-order chi connectivity index (χ0) is 84.3. The van der Waals surface area contributed by atoms with Gasteiger partial charge >= 0.3 is 72.8 Å². The number of thioether (sulfide) groups is 1. The van der Waals surface area contributed by atoms with Crippen LogP contribution in [0.15, 0.2) is 29.2 Å². The van der Waals surface area contributed by atoms with Crippen LogP contribution in [0.4, 0.5) is 5.69 Å². The lowest BCUT2D eigenvalue weighted by molar-refractivity contribution is -0.325. The first-order valence-corrected chi connectivity index (χ1v) is 45.9. The first kappa shape index (κ1) is 114. The lowest BCUT2D eigenvalue weighted by atomic mass is 9.97. The van der Waals surface area contributed by atoms with Gasteiger partial charge in [-0.1, -0.05) is 157 Å². The molecule has 47 heteroatoms. The van der Waals surface area contributed by atoms with Gasteiger partial charge in [0, 0.05) is 10.6 Å². The summed E-state index contributed by atoms with van der Waals surface area (Å²) >= 11 is 0.332. The lowest BCUT2D eigenvalue weighted by Gasteiger charge is -2.48. The molecule has 1 aromatic rings. The summed E-state index contributed by atoms with van der Waals surface area (Å²) < 4.78 is 277. The Hall–Kier alpha value is -1.94. The SMILES string of the molecule is CCN(CC)CC.CCN(CC)CC.CCN(CC)CC.CCN(CC)CC.CCN(CC)CC.CCN(CC)CC.CCN(CC)CC.Nc1ccc(S[C@@H]2O[C@H](COS(=O)(=O)O)[C@@H](O[C@H]3O[C@H](COS(=O)(=O)O)[C@@H](OS(=O)(=O)O)[C@H](OS(=O)(=O)O)[C@H]3OS(=O)(=O)O)[C@H](OS(=O)(=O)O)[C@H]2OS(=O)(=O)O)cc1. The summed E-state index contributed by atoms with van der Waals surface area (Å²) in [6.45, 7) is 67.4. The van der Waals surface area contributed by atoms with E-state index < -0.39 is 147 Å². The van der Waals surface area contributed by atoms with Crippen LogP contribution in [0, 0.1) is 0 Å². The normalized spacial score (nSPS) is 20.7. The van der Waals surface area contributed by atoms with Crippen molar-refractivity contribution in [1.82, 2.24) is 34.3 Å². The van der Waals surface area contributed by atoms with Crippen molar-refractivity contribution >= 4 is 90.2 Å². The summed E-state index contributed by atoms with van der Waals surface area (Å²) in [4.78, 5) is 16.6. The lowest BCUT2D eigenvalue weighted by Crippen LogP contribution is -2.66. The number of anilines is 1. The molecule has 1 aromatic carbocycles. The fourth-order valence-corrected chi connectivity index (χ4v) is 13.7. The van der Waals surface area contributed by atoms with Gasteiger partial charge in [0.2, 0.25) is 0 Å². The van der Waals surface area contributed by atoms with Crippen molar-refractivity contribution in [1.29, 1.82) is 0 Å². The van der Waals surface area contributed by atoms with E-state index in [-0.39, 0.29) is 10.6 Å². The zero-order valence-electron chi connectivity index (χ0n) is 66.2. The molecule has 0 amide bonds. The third kappa shape index (κ3) is 59.4. The van der Waals surface area contributed by atoms with Crippen molar-refractivity contribution in [3.05, 3.63) is 24.3 Å². The van der Waals surface area contributed by atoms with Gasteiger partial charge in [0.15, 0.2) is 12.4 Å². The molecule has 2 fully saturated rings. The van der Waals surface area contributed by atoms with E-state index in [0.29, 0.717) is 11.8 Å². The van der Waals surface area contributed by atoms with Gasteiger partial charge in [-0.15, -0.1) is 0 Å². The van der Waals surface area contributed by atoms with Gasteiger partial charge in [-0.3, -0.25) is 31.9 Å². The van der Waals surface area contributed by atoms with Crippen molar-refractivity contribution in [2.75, 3.05) is 156 Å². The minimum absolute atomic E-state index is 0.0107. The molecule has 3 rings (SSSR count). The maximum Gasteiger partial charge on any atom is 0.397 e. The molecule has 2 saturated heterocycles. The van der Waals surface area contributed by atoms with E-state index in [9.17, 15) is 86.2 Å². The highest BCUT2D eigenvalue weighted by Crippen LogP contribution is 2.41. The smallest absolute Gasteiger partial charge is 0.397 e.